The van der Waals surface area contributed by atoms with Crippen LogP contribution in [-0.2, 0) is 19.8 Å². The van der Waals surface area contributed by atoms with Crippen molar-refractivity contribution in [3.8, 4) is 22.4 Å². The predicted octanol–water partition coefficient (Wildman–Crippen LogP) is 3.57. The molecule has 2 aliphatic rings. The van der Waals surface area contributed by atoms with Crippen LogP contribution in [0.4, 0.5) is 19.0 Å². The number of halogens is 3. The maximum absolute atomic E-state index is 14.1. The molecule has 180 valence electrons. The third-order valence-corrected chi connectivity index (χ3v) is 7.00. The van der Waals surface area contributed by atoms with Crippen LogP contribution in [0.5, 0.6) is 0 Å². The molecule has 0 saturated heterocycles. The Kier molecular flexibility index (Phi) is 4.51. The van der Waals surface area contributed by atoms with Gasteiger partial charge in [0.2, 0.25) is 0 Å². The van der Waals surface area contributed by atoms with Crippen molar-refractivity contribution < 1.29 is 22.5 Å². The molecule has 1 aromatic carbocycles. The second-order valence-electron chi connectivity index (χ2n) is 9.38. The van der Waals surface area contributed by atoms with Crippen molar-refractivity contribution in [1.82, 2.24) is 24.8 Å². The summed E-state index contributed by atoms with van der Waals surface area (Å²) in [5.41, 5.74) is 7.84. The second kappa shape index (κ2) is 7.30. The Morgan fingerprint density at radius 1 is 1.23 bits per heavy atom. The number of carbonyl (C=O) groups excluding carboxylic acids is 1. The summed E-state index contributed by atoms with van der Waals surface area (Å²) in [4.78, 5) is 19.3. The number of hydrogen-bond donors (Lipinski definition) is 2. The minimum atomic E-state index is -4.67. The van der Waals surface area contributed by atoms with E-state index in [1.807, 2.05) is 6.92 Å². The molecule has 1 aliphatic carbocycles. The van der Waals surface area contributed by atoms with Gasteiger partial charge in [-0.2, -0.15) is 18.3 Å². The average Bonchev–Trinajstić information content (AvgIpc) is 3.38. The van der Waals surface area contributed by atoms with Crippen molar-refractivity contribution in [2.75, 3.05) is 5.73 Å². The van der Waals surface area contributed by atoms with E-state index in [2.05, 4.69) is 15.2 Å². The van der Waals surface area contributed by atoms with Crippen molar-refractivity contribution in [2.45, 2.75) is 38.5 Å². The van der Waals surface area contributed by atoms with Crippen LogP contribution in [0.2, 0.25) is 0 Å². The molecular weight excluding hydrogens is 459 g/mol. The Hall–Kier alpha value is -3.89. The number of amides is 1. The van der Waals surface area contributed by atoms with Gasteiger partial charge in [0.25, 0.3) is 5.91 Å². The van der Waals surface area contributed by atoms with Crippen molar-refractivity contribution in [2.24, 2.45) is 13.0 Å². The molecule has 8 nitrogen and oxygen atoms in total. The Morgan fingerprint density at radius 3 is 2.66 bits per heavy atom. The first-order chi connectivity index (χ1) is 16.6. The van der Waals surface area contributed by atoms with Gasteiger partial charge in [0.05, 0.1) is 17.3 Å². The third-order valence-electron chi connectivity index (χ3n) is 7.00. The molecule has 1 saturated carbocycles. The number of rotatable bonds is 4. The van der Waals surface area contributed by atoms with Crippen LogP contribution in [0.25, 0.3) is 28.0 Å². The monoisotopic (exact) mass is 482 g/mol. The van der Waals surface area contributed by atoms with E-state index in [0.717, 1.165) is 24.5 Å². The summed E-state index contributed by atoms with van der Waals surface area (Å²) in [6.07, 6.45) is 2.42. The molecule has 1 aliphatic heterocycles. The summed E-state index contributed by atoms with van der Waals surface area (Å²) >= 11 is 0. The number of nitrogen functional groups attached to an aromatic ring is 1. The fourth-order valence-electron chi connectivity index (χ4n) is 5.00. The number of anilines is 1. The molecule has 0 unspecified atom stereocenters. The molecule has 4 heterocycles. The molecule has 1 fully saturated rings. The highest BCUT2D eigenvalue weighted by Crippen LogP contribution is 2.43. The Morgan fingerprint density at radius 2 is 2.00 bits per heavy atom. The Labute approximate surface area is 198 Å². The largest absolute Gasteiger partial charge is 0.417 e. The number of H-pyrrole nitrogens is 1. The van der Waals surface area contributed by atoms with Gasteiger partial charge in [-0.3, -0.25) is 9.48 Å². The predicted molar refractivity (Wildman–Crippen MR) is 121 cm³/mol. The topological polar surface area (TPSA) is 96.9 Å². The number of alkyl halides is 3. The van der Waals surface area contributed by atoms with E-state index in [1.165, 1.54) is 0 Å². The van der Waals surface area contributed by atoms with Crippen LogP contribution in [0.1, 0.15) is 41.3 Å². The van der Waals surface area contributed by atoms with Gasteiger partial charge < -0.3 is 10.6 Å². The minimum absolute atomic E-state index is 0.0878. The molecule has 35 heavy (non-hydrogen) atoms. The summed E-state index contributed by atoms with van der Waals surface area (Å²) < 4.78 is 45.6. The highest BCUT2D eigenvalue weighted by Gasteiger charge is 2.44. The highest BCUT2D eigenvalue weighted by molar-refractivity contribution is 6.01. The van der Waals surface area contributed by atoms with Gasteiger partial charge in [-0.15, -0.1) is 4.52 Å². The molecule has 3 aromatic heterocycles. The van der Waals surface area contributed by atoms with Crippen LogP contribution >= 0.6 is 0 Å². The molecule has 0 radical (unpaired) electrons. The number of nitrogens with two attached hydrogens (primary N) is 1. The minimum Gasteiger partial charge on any atom is -0.382 e. The second-order valence-corrected chi connectivity index (χ2v) is 9.38. The maximum Gasteiger partial charge on any atom is 0.417 e. The summed E-state index contributed by atoms with van der Waals surface area (Å²) in [5.74, 6) is 0.172. The van der Waals surface area contributed by atoms with Crippen molar-refractivity contribution in [3.63, 3.8) is 0 Å². The SMILES string of the molecule is C[C@@H](C1CC1)N1Cc2cc(-c3cc[n+]4[nH]c(N)c(-c5cnn(C)c5)c4n3)cc(C(F)(F)F)c2C1=O. The van der Waals surface area contributed by atoms with Crippen LogP contribution in [-0.4, -0.2) is 36.7 Å². The van der Waals surface area contributed by atoms with E-state index < -0.39 is 17.6 Å². The summed E-state index contributed by atoms with van der Waals surface area (Å²) in [5, 5.41) is 7.17. The summed E-state index contributed by atoms with van der Waals surface area (Å²) in [6.45, 7) is 2.08. The maximum atomic E-state index is 14.1. The van der Waals surface area contributed by atoms with E-state index in [1.54, 1.807) is 51.9 Å². The van der Waals surface area contributed by atoms with Crippen molar-refractivity contribution in [1.29, 1.82) is 0 Å². The van der Waals surface area contributed by atoms with Crippen molar-refractivity contribution in [3.05, 3.63) is 53.5 Å². The van der Waals surface area contributed by atoms with Gasteiger partial charge in [0.15, 0.2) is 11.5 Å². The van der Waals surface area contributed by atoms with E-state index in [4.69, 9.17) is 5.73 Å². The number of aryl methyl sites for hydroxylation is 1. The Bertz CT molecular complexity index is 1500. The van der Waals surface area contributed by atoms with Crippen LogP contribution in [0, 0.1) is 5.92 Å². The number of aromatic amines is 1. The number of hydrogen-bond acceptors (Lipinski definition) is 4. The standard InChI is InChI=1S/C24H22F3N7O/c1-12(13-3-4-13)33-11-15-7-14(8-17(24(25,26)27)19(15)23(33)35)18-5-6-34-22(30-18)20(21(28)31-34)16-9-29-32(2)10-16/h5-10,12-13H,3-4,11H2,1-2H3,(H2,28,31)/p+1/t12-/m0/s1. The van der Waals surface area contributed by atoms with Gasteiger partial charge in [0, 0.05) is 43.0 Å². The van der Waals surface area contributed by atoms with Crippen LogP contribution in [0.15, 0.2) is 36.8 Å². The number of carbonyl (C=O) groups is 1. The van der Waals surface area contributed by atoms with E-state index in [9.17, 15) is 18.0 Å². The van der Waals surface area contributed by atoms with E-state index in [-0.39, 0.29) is 18.2 Å². The molecule has 0 bridgehead atoms. The first-order valence-electron chi connectivity index (χ1n) is 11.4. The van der Waals surface area contributed by atoms with Crippen LogP contribution in [0.3, 0.4) is 0 Å². The highest BCUT2D eigenvalue weighted by atomic mass is 19.4. The molecule has 3 N–H and O–H groups in total. The Balaban J connectivity index is 1.49. The lowest BCUT2D eigenvalue weighted by Crippen LogP contribution is -2.35. The summed E-state index contributed by atoms with van der Waals surface area (Å²) in [6, 6.07) is 4.22. The van der Waals surface area contributed by atoms with Gasteiger partial charge in [-0.05, 0) is 48.4 Å². The fraction of sp³-hybridized carbons (Fsp3) is 0.333. The molecule has 11 heteroatoms. The smallest absolute Gasteiger partial charge is 0.382 e. The normalized spacial score (nSPS) is 16.8. The number of aromatic nitrogens is 5. The summed E-state index contributed by atoms with van der Waals surface area (Å²) in [7, 11) is 1.78. The van der Waals surface area contributed by atoms with Crippen LogP contribution < -0.4 is 10.2 Å². The van der Waals surface area contributed by atoms with Gasteiger partial charge >= 0.3 is 11.8 Å². The van der Waals surface area contributed by atoms with Gasteiger partial charge in [-0.25, -0.2) is 5.10 Å². The quantitative estimate of drug-likeness (QED) is 0.435. The van der Waals surface area contributed by atoms with Gasteiger partial charge in [0.1, 0.15) is 11.8 Å². The number of nitrogens with zero attached hydrogens (tertiary/aromatic N) is 5. The molecule has 1 atom stereocenters. The lowest BCUT2D eigenvalue weighted by atomic mass is 9.97. The first-order valence-corrected chi connectivity index (χ1v) is 11.4. The van der Waals surface area contributed by atoms with E-state index >= 15 is 0 Å². The number of fused-ring (bicyclic) bond motifs is 2. The van der Waals surface area contributed by atoms with Gasteiger partial charge in [-0.1, -0.05) is 0 Å². The lowest BCUT2D eigenvalue weighted by molar-refractivity contribution is -0.577. The molecule has 6 rings (SSSR count). The number of benzene rings is 1. The zero-order chi connectivity index (χ0) is 24.6. The zero-order valence-electron chi connectivity index (χ0n) is 19.1. The molecule has 0 spiro atoms. The zero-order valence-corrected chi connectivity index (χ0v) is 19.1. The van der Waals surface area contributed by atoms with Crippen molar-refractivity contribution >= 4 is 17.4 Å². The third kappa shape index (κ3) is 3.44. The molecule has 1 amide bonds. The number of nitrogens with one attached hydrogen (secondary N) is 1. The average molecular weight is 482 g/mol. The lowest BCUT2D eigenvalue weighted by Gasteiger charge is -2.24. The first kappa shape index (κ1) is 21.6. The van der Waals surface area contributed by atoms with E-state index in [0.29, 0.717) is 39.8 Å². The molecular formula is C24H23F3N7O+. The fourth-order valence-corrected chi connectivity index (χ4v) is 5.00. The molecule has 4 aromatic rings.